The lowest BCUT2D eigenvalue weighted by atomic mass is 9.76. The van der Waals surface area contributed by atoms with E-state index in [9.17, 15) is 10.1 Å². The van der Waals surface area contributed by atoms with Gasteiger partial charge < -0.3 is 14.4 Å². The summed E-state index contributed by atoms with van der Waals surface area (Å²) in [6, 6.07) is 10.9. The first-order valence-corrected chi connectivity index (χ1v) is 8.40. The molecule has 2 aromatic carbocycles. The first-order chi connectivity index (χ1) is 12.3. The molecule has 6 heteroatoms. The standard InChI is InChI=1S/C20H20N2O4/c1-19(2)15-12-14(25-4)8-9-16(15)21(3)20(19)11-10-13-6-5-7-17(22(23)24)18(13)26-20/h5-12H,1-4H3/t20-/m1/s1. The van der Waals surface area contributed by atoms with Gasteiger partial charge in [-0.25, -0.2) is 0 Å². The van der Waals surface area contributed by atoms with Crippen LogP contribution in [0.5, 0.6) is 11.5 Å². The van der Waals surface area contributed by atoms with E-state index in [1.807, 2.05) is 48.4 Å². The quantitative estimate of drug-likeness (QED) is 0.600. The van der Waals surface area contributed by atoms with Gasteiger partial charge >= 0.3 is 5.69 Å². The minimum Gasteiger partial charge on any atom is -0.497 e. The topological polar surface area (TPSA) is 64.8 Å². The van der Waals surface area contributed by atoms with Crippen LogP contribution < -0.4 is 14.4 Å². The molecule has 26 heavy (non-hydrogen) atoms. The number of ether oxygens (including phenoxy) is 2. The highest BCUT2D eigenvalue weighted by Gasteiger charge is 2.58. The second-order valence-corrected chi connectivity index (χ2v) is 7.15. The van der Waals surface area contributed by atoms with Crippen molar-refractivity contribution in [3.05, 3.63) is 63.7 Å². The van der Waals surface area contributed by atoms with Gasteiger partial charge in [-0.2, -0.15) is 0 Å². The molecule has 0 unspecified atom stereocenters. The lowest BCUT2D eigenvalue weighted by Gasteiger charge is -2.45. The number of likely N-dealkylation sites (N-methyl/N-ethyl adjacent to an activating group) is 1. The van der Waals surface area contributed by atoms with E-state index in [-0.39, 0.29) is 5.69 Å². The molecule has 1 spiro atoms. The number of methoxy groups -OCH3 is 1. The van der Waals surface area contributed by atoms with E-state index in [1.54, 1.807) is 13.2 Å². The van der Waals surface area contributed by atoms with Gasteiger partial charge in [0.1, 0.15) is 5.75 Å². The van der Waals surface area contributed by atoms with E-state index in [0.717, 1.165) is 17.0 Å². The zero-order valence-corrected chi connectivity index (χ0v) is 15.1. The van der Waals surface area contributed by atoms with Crippen LogP contribution in [0.3, 0.4) is 0 Å². The number of nitro benzene ring substituents is 1. The molecule has 134 valence electrons. The third-order valence-corrected chi connectivity index (χ3v) is 5.60. The first-order valence-electron chi connectivity index (χ1n) is 8.40. The highest BCUT2D eigenvalue weighted by Crippen LogP contribution is 2.55. The molecule has 2 heterocycles. The Kier molecular flexibility index (Phi) is 3.31. The van der Waals surface area contributed by atoms with E-state index in [2.05, 4.69) is 13.8 Å². The first kappa shape index (κ1) is 16.4. The molecule has 0 aliphatic carbocycles. The molecule has 0 bridgehead atoms. The highest BCUT2D eigenvalue weighted by atomic mass is 16.6. The molecule has 0 N–H and O–H groups in total. The number of para-hydroxylation sites is 1. The lowest BCUT2D eigenvalue weighted by Crippen LogP contribution is -2.58. The zero-order chi connectivity index (χ0) is 18.7. The molecule has 1 atom stereocenters. The van der Waals surface area contributed by atoms with Gasteiger partial charge in [-0.1, -0.05) is 12.1 Å². The fourth-order valence-corrected chi connectivity index (χ4v) is 4.06. The number of fused-ring (bicyclic) bond motifs is 2. The number of benzene rings is 2. The van der Waals surface area contributed by atoms with Crippen molar-refractivity contribution >= 4 is 17.5 Å². The minimum atomic E-state index is -0.860. The summed E-state index contributed by atoms with van der Waals surface area (Å²) < 4.78 is 11.8. The van der Waals surface area contributed by atoms with Gasteiger partial charge in [0.25, 0.3) is 0 Å². The molecule has 2 aliphatic rings. The Hall–Kier alpha value is -3.02. The Labute approximate surface area is 151 Å². The van der Waals surface area contributed by atoms with E-state index >= 15 is 0 Å². The third-order valence-electron chi connectivity index (χ3n) is 5.60. The van der Waals surface area contributed by atoms with Gasteiger partial charge in [-0.05, 0) is 49.8 Å². The van der Waals surface area contributed by atoms with E-state index in [0.29, 0.717) is 11.3 Å². The normalized spacial score (nSPS) is 21.9. The number of anilines is 1. The second kappa shape index (κ2) is 5.24. The van der Waals surface area contributed by atoms with Crippen LogP contribution in [0.25, 0.3) is 6.08 Å². The maximum Gasteiger partial charge on any atom is 0.311 e. The van der Waals surface area contributed by atoms with Crippen LogP contribution >= 0.6 is 0 Å². The molecular formula is C20H20N2O4. The van der Waals surface area contributed by atoms with Crippen molar-refractivity contribution < 1.29 is 14.4 Å². The lowest BCUT2D eigenvalue weighted by molar-refractivity contribution is -0.386. The summed E-state index contributed by atoms with van der Waals surface area (Å²) in [5.41, 5.74) is 1.46. The zero-order valence-electron chi connectivity index (χ0n) is 15.1. The van der Waals surface area contributed by atoms with Crippen LogP contribution in [0.4, 0.5) is 11.4 Å². The summed E-state index contributed by atoms with van der Waals surface area (Å²) in [5, 5.41) is 11.5. The number of nitrogens with zero attached hydrogens (tertiary/aromatic N) is 2. The molecule has 0 aromatic heterocycles. The van der Waals surface area contributed by atoms with Crippen LogP contribution in [0.1, 0.15) is 25.0 Å². The van der Waals surface area contributed by atoms with Crippen molar-refractivity contribution in [1.82, 2.24) is 0 Å². The smallest absolute Gasteiger partial charge is 0.311 e. The van der Waals surface area contributed by atoms with Crippen molar-refractivity contribution in [2.75, 3.05) is 19.1 Å². The minimum absolute atomic E-state index is 0.0241. The molecule has 0 radical (unpaired) electrons. The molecule has 0 fully saturated rings. The largest absolute Gasteiger partial charge is 0.497 e. The van der Waals surface area contributed by atoms with Crippen molar-refractivity contribution in [3.63, 3.8) is 0 Å². The monoisotopic (exact) mass is 352 g/mol. The second-order valence-electron chi connectivity index (χ2n) is 7.15. The molecule has 2 aliphatic heterocycles. The Morgan fingerprint density at radius 2 is 2.00 bits per heavy atom. The molecule has 0 saturated heterocycles. The summed E-state index contributed by atoms with van der Waals surface area (Å²) in [6.07, 6.45) is 3.90. The predicted octanol–water partition coefficient (Wildman–Crippen LogP) is 4.13. The highest BCUT2D eigenvalue weighted by molar-refractivity contribution is 5.75. The number of rotatable bonds is 2. The van der Waals surface area contributed by atoms with Crippen molar-refractivity contribution in [3.8, 4) is 11.5 Å². The molecular weight excluding hydrogens is 332 g/mol. The van der Waals surface area contributed by atoms with E-state index < -0.39 is 16.1 Å². The summed E-state index contributed by atoms with van der Waals surface area (Å²) in [6.45, 7) is 4.16. The van der Waals surface area contributed by atoms with Gasteiger partial charge in [-0.3, -0.25) is 10.1 Å². The molecule has 6 nitrogen and oxygen atoms in total. The maximum atomic E-state index is 11.5. The van der Waals surface area contributed by atoms with Gasteiger partial charge in [0.2, 0.25) is 11.5 Å². The summed E-state index contributed by atoms with van der Waals surface area (Å²) >= 11 is 0. The van der Waals surface area contributed by atoms with Crippen LogP contribution in [0.15, 0.2) is 42.5 Å². The third kappa shape index (κ3) is 1.92. The summed E-state index contributed by atoms with van der Waals surface area (Å²) in [4.78, 5) is 13.1. The molecule has 0 amide bonds. The SMILES string of the molecule is COc1ccc2c(c1)C(C)(C)[C@]1(C=Cc3cccc([N+](=O)[O-])c3O1)N2C. The van der Waals surface area contributed by atoms with Gasteiger partial charge in [0.05, 0.1) is 17.4 Å². The maximum absolute atomic E-state index is 11.5. The van der Waals surface area contributed by atoms with Crippen LogP contribution in [-0.4, -0.2) is 24.8 Å². The Balaban J connectivity index is 1.90. The average Bonchev–Trinajstić information content (AvgIpc) is 2.79. The molecule has 4 rings (SSSR count). The van der Waals surface area contributed by atoms with Crippen molar-refractivity contribution in [2.45, 2.75) is 25.0 Å². The van der Waals surface area contributed by atoms with Crippen molar-refractivity contribution in [2.24, 2.45) is 0 Å². The van der Waals surface area contributed by atoms with Gasteiger partial charge in [-0.15, -0.1) is 0 Å². The van der Waals surface area contributed by atoms with E-state index in [4.69, 9.17) is 9.47 Å². The van der Waals surface area contributed by atoms with Crippen LogP contribution in [-0.2, 0) is 5.41 Å². The van der Waals surface area contributed by atoms with Crippen LogP contribution in [0.2, 0.25) is 0 Å². The molecule has 0 saturated carbocycles. The number of hydrogen-bond acceptors (Lipinski definition) is 5. The van der Waals surface area contributed by atoms with Crippen molar-refractivity contribution in [1.29, 1.82) is 0 Å². The Morgan fingerprint density at radius 3 is 2.69 bits per heavy atom. The fourth-order valence-electron chi connectivity index (χ4n) is 4.06. The summed E-state index contributed by atoms with van der Waals surface area (Å²) in [7, 11) is 3.59. The summed E-state index contributed by atoms with van der Waals surface area (Å²) in [5.74, 6) is 1.08. The van der Waals surface area contributed by atoms with Crippen LogP contribution in [0, 0.1) is 10.1 Å². The Morgan fingerprint density at radius 1 is 1.23 bits per heavy atom. The number of nitro groups is 1. The van der Waals surface area contributed by atoms with E-state index in [1.165, 1.54) is 6.07 Å². The predicted molar refractivity (Wildman–Crippen MR) is 99.9 cm³/mol. The van der Waals surface area contributed by atoms with Gasteiger partial charge in [0.15, 0.2) is 0 Å². The number of hydrogen-bond donors (Lipinski definition) is 0. The Bertz CT molecular complexity index is 951. The molecule has 2 aromatic rings. The fraction of sp³-hybridized carbons (Fsp3) is 0.300. The average molecular weight is 352 g/mol. The van der Waals surface area contributed by atoms with Gasteiger partial charge in [0, 0.05) is 24.4 Å².